The molecule has 0 bridgehead atoms. The van der Waals surface area contributed by atoms with Crippen LogP contribution in [0.25, 0.3) is 0 Å². The van der Waals surface area contributed by atoms with Crippen LogP contribution in [0, 0.1) is 12.8 Å². The number of anilines is 2. The van der Waals surface area contributed by atoms with E-state index in [1.54, 1.807) is 26.1 Å². The van der Waals surface area contributed by atoms with Gasteiger partial charge in [-0.25, -0.2) is 4.68 Å². The van der Waals surface area contributed by atoms with Gasteiger partial charge in [0, 0.05) is 38.2 Å². The molecule has 1 amide bonds. The summed E-state index contributed by atoms with van der Waals surface area (Å²) in [5.41, 5.74) is 0.598. The van der Waals surface area contributed by atoms with Crippen molar-refractivity contribution < 1.29 is 9.32 Å². The number of rotatable bonds is 3. The van der Waals surface area contributed by atoms with Gasteiger partial charge in [-0.3, -0.25) is 14.9 Å². The summed E-state index contributed by atoms with van der Waals surface area (Å²) in [5.74, 6) is 1.03. The Kier molecular flexibility index (Phi) is 4.14. The molecular formula is C15H19N5O3. The zero-order valence-corrected chi connectivity index (χ0v) is 13.2. The fourth-order valence-corrected chi connectivity index (χ4v) is 2.68. The van der Waals surface area contributed by atoms with Gasteiger partial charge in [0.25, 0.3) is 5.56 Å². The Morgan fingerprint density at radius 2 is 2.09 bits per heavy atom. The molecule has 3 heterocycles. The molecule has 0 saturated carbocycles. The van der Waals surface area contributed by atoms with Crippen molar-refractivity contribution in [1.29, 1.82) is 0 Å². The van der Waals surface area contributed by atoms with Crippen molar-refractivity contribution >= 4 is 17.6 Å². The normalized spacial score (nSPS) is 15.7. The SMILES string of the molecule is Cc1cc(NC(=O)C2CCN(c3ccc(=O)n(C)n3)CC2)on1. The third kappa shape index (κ3) is 3.41. The van der Waals surface area contributed by atoms with Crippen LogP contribution in [0.3, 0.4) is 0 Å². The van der Waals surface area contributed by atoms with Crippen molar-refractivity contribution in [3.63, 3.8) is 0 Å². The minimum Gasteiger partial charge on any atom is -0.355 e. The Bertz CT molecular complexity index is 758. The predicted molar refractivity (Wildman–Crippen MR) is 84.3 cm³/mol. The molecule has 1 saturated heterocycles. The number of hydrogen-bond acceptors (Lipinski definition) is 6. The standard InChI is InChI=1S/C15H19N5O3/c1-10-9-13(23-18-10)16-15(22)11-5-7-20(8-6-11)12-3-4-14(21)19(2)17-12/h3-4,9,11H,5-8H2,1-2H3,(H,16,22). The first kappa shape index (κ1) is 15.3. The number of nitrogens with one attached hydrogen (secondary N) is 1. The minimum absolute atomic E-state index is 0.0470. The maximum Gasteiger partial charge on any atom is 0.266 e. The molecule has 0 aliphatic carbocycles. The first-order chi connectivity index (χ1) is 11.0. The highest BCUT2D eigenvalue weighted by Gasteiger charge is 2.26. The van der Waals surface area contributed by atoms with Crippen molar-refractivity contribution in [2.75, 3.05) is 23.3 Å². The number of aryl methyl sites for hydroxylation is 2. The van der Waals surface area contributed by atoms with Crippen molar-refractivity contribution in [3.8, 4) is 0 Å². The van der Waals surface area contributed by atoms with E-state index in [0.717, 1.165) is 37.4 Å². The fraction of sp³-hybridized carbons (Fsp3) is 0.467. The molecule has 0 unspecified atom stereocenters. The molecule has 0 spiro atoms. The Morgan fingerprint density at radius 3 is 2.70 bits per heavy atom. The molecule has 3 rings (SSSR count). The molecule has 1 aliphatic heterocycles. The van der Waals surface area contributed by atoms with Crippen LogP contribution in [0.15, 0.2) is 27.5 Å². The van der Waals surface area contributed by atoms with Crippen LogP contribution < -0.4 is 15.8 Å². The summed E-state index contributed by atoms with van der Waals surface area (Å²) in [6.07, 6.45) is 1.45. The van der Waals surface area contributed by atoms with Gasteiger partial charge >= 0.3 is 0 Å². The molecule has 1 N–H and O–H groups in total. The molecule has 122 valence electrons. The van der Waals surface area contributed by atoms with Gasteiger partial charge in [-0.05, 0) is 25.8 Å². The van der Waals surface area contributed by atoms with Crippen LogP contribution in [0.5, 0.6) is 0 Å². The van der Waals surface area contributed by atoms with Crippen LogP contribution in [0.4, 0.5) is 11.7 Å². The topological polar surface area (TPSA) is 93.3 Å². The predicted octanol–water partition coefficient (Wildman–Crippen LogP) is 0.932. The van der Waals surface area contributed by atoms with E-state index in [2.05, 4.69) is 20.5 Å². The van der Waals surface area contributed by atoms with E-state index in [1.807, 2.05) is 0 Å². The van der Waals surface area contributed by atoms with Gasteiger partial charge in [-0.15, -0.1) is 0 Å². The Balaban J connectivity index is 1.58. The Morgan fingerprint density at radius 1 is 1.35 bits per heavy atom. The molecular weight excluding hydrogens is 298 g/mol. The second kappa shape index (κ2) is 6.23. The largest absolute Gasteiger partial charge is 0.355 e. The summed E-state index contributed by atoms with van der Waals surface area (Å²) in [7, 11) is 1.63. The quantitative estimate of drug-likeness (QED) is 0.905. The van der Waals surface area contributed by atoms with Crippen molar-refractivity contribution in [2.45, 2.75) is 19.8 Å². The van der Waals surface area contributed by atoms with E-state index in [1.165, 1.54) is 10.7 Å². The molecule has 8 nitrogen and oxygen atoms in total. The summed E-state index contributed by atoms with van der Waals surface area (Å²) >= 11 is 0. The number of nitrogens with zero attached hydrogens (tertiary/aromatic N) is 4. The van der Waals surface area contributed by atoms with Gasteiger partial charge in [-0.1, -0.05) is 5.16 Å². The smallest absolute Gasteiger partial charge is 0.266 e. The average Bonchev–Trinajstić information content (AvgIpc) is 2.95. The number of amides is 1. The summed E-state index contributed by atoms with van der Waals surface area (Å²) in [6.45, 7) is 3.25. The lowest BCUT2D eigenvalue weighted by molar-refractivity contribution is -0.120. The van der Waals surface area contributed by atoms with Crippen LogP contribution >= 0.6 is 0 Å². The second-order valence-electron chi connectivity index (χ2n) is 5.74. The fourth-order valence-electron chi connectivity index (χ4n) is 2.68. The molecule has 1 fully saturated rings. The maximum absolute atomic E-state index is 12.2. The highest BCUT2D eigenvalue weighted by atomic mass is 16.5. The minimum atomic E-state index is -0.134. The molecule has 0 radical (unpaired) electrons. The van der Waals surface area contributed by atoms with Gasteiger partial charge in [0.15, 0.2) is 0 Å². The zero-order chi connectivity index (χ0) is 16.4. The number of carbonyl (C=O) groups is 1. The van der Waals surface area contributed by atoms with Crippen molar-refractivity contribution in [2.24, 2.45) is 13.0 Å². The third-order valence-electron chi connectivity index (χ3n) is 4.01. The van der Waals surface area contributed by atoms with Crippen LogP contribution in [-0.2, 0) is 11.8 Å². The third-order valence-corrected chi connectivity index (χ3v) is 4.01. The Labute approximate surface area is 133 Å². The van der Waals surface area contributed by atoms with E-state index < -0.39 is 0 Å². The van der Waals surface area contributed by atoms with Gasteiger partial charge in [0.05, 0.1) is 5.69 Å². The molecule has 2 aromatic rings. The molecule has 0 aromatic carbocycles. The summed E-state index contributed by atoms with van der Waals surface area (Å²) in [4.78, 5) is 25.7. The maximum atomic E-state index is 12.2. The molecule has 23 heavy (non-hydrogen) atoms. The Hall–Kier alpha value is -2.64. The summed E-state index contributed by atoms with van der Waals surface area (Å²) in [5, 5.41) is 10.7. The lowest BCUT2D eigenvalue weighted by Crippen LogP contribution is -2.39. The zero-order valence-electron chi connectivity index (χ0n) is 13.2. The number of carbonyl (C=O) groups excluding carboxylic acids is 1. The van der Waals surface area contributed by atoms with Gasteiger partial charge < -0.3 is 9.42 Å². The highest BCUT2D eigenvalue weighted by molar-refractivity contribution is 5.91. The average molecular weight is 317 g/mol. The highest BCUT2D eigenvalue weighted by Crippen LogP contribution is 2.22. The first-order valence-electron chi connectivity index (χ1n) is 7.56. The van der Waals surface area contributed by atoms with E-state index in [4.69, 9.17) is 4.52 Å². The summed E-state index contributed by atoms with van der Waals surface area (Å²) < 4.78 is 6.33. The summed E-state index contributed by atoms with van der Waals surface area (Å²) in [6, 6.07) is 4.93. The lowest BCUT2D eigenvalue weighted by atomic mass is 9.96. The molecule has 0 atom stereocenters. The van der Waals surface area contributed by atoms with Gasteiger partial charge in [-0.2, -0.15) is 5.10 Å². The van der Waals surface area contributed by atoms with E-state index in [9.17, 15) is 9.59 Å². The van der Waals surface area contributed by atoms with E-state index >= 15 is 0 Å². The lowest BCUT2D eigenvalue weighted by Gasteiger charge is -2.31. The van der Waals surface area contributed by atoms with Crippen LogP contribution in [-0.4, -0.2) is 33.9 Å². The first-order valence-corrected chi connectivity index (χ1v) is 7.56. The van der Waals surface area contributed by atoms with Crippen LogP contribution in [0.1, 0.15) is 18.5 Å². The monoisotopic (exact) mass is 317 g/mol. The van der Waals surface area contributed by atoms with E-state index in [-0.39, 0.29) is 17.4 Å². The second-order valence-corrected chi connectivity index (χ2v) is 5.74. The van der Waals surface area contributed by atoms with Crippen LogP contribution in [0.2, 0.25) is 0 Å². The van der Waals surface area contributed by atoms with Crippen molar-refractivity contribution in [3.05, 3.63) is 34.2 Å². The van der Waals surface area contributed by atoms with Gasteiger partial charge in [0.1, 0.15) is 5.82 Å². The van der Waals surface area contributed by atoms with E-state index in [0.29, 0.717) is 5.88 Å². The molecule has 1 aliphatic rings. The number of piperidine rings is 1. The van der Waals surface area contributed by atoms with Crippen molar-refractivity contribution in [1.82, 2.24) is 14.9 Å². The van der Waals surface area contributed by atoms with Gasteiger partial charge in [0.2, 0.25) is 11.8 Å². The number of hydrogen-bond donors (Lipinski definition) is 1. The molecule has 8 heteroatoms. The molecule has 2 aromatic heterocycles. The number of aromatic nitrogens is 3.